The van der Waals surface area contributed by atoms with Crippen molar-refractivity contribution in [3.05, 3.63) is 29.3 Å². The molecule has 3 heteroatoms. The fourth-order valence-electron chi connectivity index (χ4n) is 1.26. The molecule has 0 bridgehead atoms. The topological polar surface area (TPSA) is 40.5 Å². The Bertz CT molecular complexity index is 347. The first-order chi connectivity index (χ1) is 6.50. The lowest BCUT2D eigenvalue weighted by Crippen LogP contribution is -2.25. The minimum Gasteiger partial charge on any atom is -0.480 e. The number of aryl methyl sites for hydroxylation is 2. The van der Waals surface area contributed by atoms with Gasteiger partial charge in [-0.15, -0.1) is 0 Å². The second kappa shape index (κ2) is 4.13. The van der Waals surface area contributed by atoms with Crippen molar-refractivity contribution in [2.75, 3.05) is 18.5 Å². The van der Waals surface area contributed by atoms with Crippen LogP contribution in [0.3, 0.4) is 0 Å². The molecule has 14 heavy (non-hydrogen) atoms. The van der Waals surface area contributed by atoms with Gasteiger partial charge in [0.15, 0.2) is 0 Å². The molecule has 1 aromatic rings. The van der Waals surface area contributed by atoms with Crippen LogP contribution in [0, 0.1) is 13.8 Å². The Morgan fingerprint density at radius 2 is 2.00 bits per heavy atom. The van der Waals surface area contributed by atoms with Gasteiger partial charge in [0.1, 0.15) is 6.54 Å². The minimum atomic E-state index is -0.814. The second-order valence-corrected chi connectivity index (χ2v) is 3.52. The predicted octanol–water partition coefficient (Wildman–Crippen LogP) is 1.82. The summed E-state index contributed by atoms with van der Waals surface area (Å²) in [7, 11) is 1.78. The Labute approximate surface area is 84.0 Å². The van der Waals surface area contributed by atoms with E-state index in [2.05, 4.69) is 0 Å². The zero-order valence-corrected chi connectivity index (χ0v) is 8.74. The number of aliphatic carboxylic acids is 1. The Morgan fingerprint density at radius 1 is 1.36 bits per heavy atom. The fourth-order valence-corrected chi connectivity index (χ4v) is 1.26. The molecule has 1 aromatic carbocycles. The van der Waals surface area contributed by atoms with E-state index in [0.717, 1.165) is 5.69 Å². The Kier molecular flexibility index (Phi) is 3.12. The zero-order valence-electron chi connectivity index (χ0n) is 8.74. The summed E-state index contributed by atoms with van der Waals surface area (Å²) in [6, 6.07) is 5.94. The van der Waals surface area contributed by atoms with Crippen LogP contribution in [-0.2, 0) is 4.79 Å². The number of anilines is 1. The van der Waals surface area contributed by atoms with Crippen LogP contribution in [0.15, 0.2) is 18.2 Å². The van der Waals surface area contributed by atoms with E-state index in [1.54, 1.807) is 11.9 Å². The lowest BCUT2D eigenvalue weighted by atomic mass is 10.1. The maximum atomic E-state index is 10.5. The van der Waals surface area contributed by atoms with Gasteiger partial charge >= 0.3 is 5.97 Å². The first kappa shape index (κ1) is 10.6. The first-order valence-corrected chi connectivity index (χ1v) is 4.51. The Hall–Kier alpha value is -1.51. The summed E-state index contributed by atoms with van der Waals surface area (Å²) in [6.07, 6.45) is 0. The highest BCUT2D eigenvalue weighted by molar-refractivity contribution is 5.73. The molecule has 1 rings (SSSR count). The van der Waals surface area contributed by atoms with Gasteiger partial charge in [-0.25, -0.2) is 0 Å². The molecule has 0 radical (unpaired) electrons. The largest absolute Gasteiger partial charge is 0.480 e. The predicted molar refractivity (Wildman–Crippen MR) is 56.8 cm³/mol. The van der Waals surface area contributed by atoms with Crippen molar-refractivity contribution in [3.63, 3.8) is 0 Å². The molecule has 0 aliphatic rings. The van der Waals surface area contributed by atoms with Gasteiger partial charge in [-0.2, -0.15) is 0 Å². The summed E-state index contributed by atoms with van der Waals surface area (Å²) in [6.45, 7) is 4.09. The molecule has 0 aromatic heterocycles. The molecule has 0 fully saturated rings. The second-order valence-electron chi connectivity index (χ2n) is 3.52. The van der Waals surface area contributed by atoms with E-state index in [-0.39, 0.29) is 6.54 Å². The molecule has 0 heterocycles. The first-order valence-electron chi connectivity index (χ1n) is 4.51. The van der Waals surface area contributed by atoms with Crippen LogP contribution in [0.1, 0.15) is 11.1 Å². The van der Waals surface area contributed by atoms with Gasteiger partial charge in [0.2, 0.25) is 0 Å². The van der Waals surface area contributed by atoms with Gasteiger partial charge in [0.25, 0.3) is 0 Å². The maximum absolute atomic E-state index is 10.5. The summed E-state index contributed by atoms with van der Waals surface area (Å²) in [4.78, 5) is 12.2. The normalized spacial score (nSPS) is 9.93. The van der Waals surface area contributed by atoms with E-state index < -0.39 is 5.97 Å². The zero-order chi connectivity index (χ0) is 10.7. The van der Waals surface area contributed by atoms with Crippen LogP contribution in [0.25, 0.3) is 0 Å². The van der Waals surface area contributed by atoms with Gasteiger partial charge in [-0.05, 0) is 37.1 Å². The molecule has 0 aliphatic heterocycles. The van der Waals surface area contributed by atoms with E-state index in [1.807, 2.05) is 32.0 Å². The van der Waals surface area contributed by atoms with E-state index in [4.69, 9.17) is 5.11 Å². The van der Waals surface area contributed by atoms with Crippen molar-refractivity contribution in [1.29, 1.82) is 0 Å². The summed E-state index contributed by atoms with van der Waals surface area (Å²) in [5.41, 5.74) is 3.34. The molecule has 0 atom stereocenters. The number of benzene rings is 1. The summed E-state index contributed by atoms with van der Waals surface area (Å²) < 4.78 is 0. The monoisotopic (exact) mass is 193 g/mol. The molecular weight excluding hydrogens is 178 g/mol. The van der Waals surface area contributed by atoms with Crippen LogP contribution in [0.5, 0.6) is 0 Å². The van der Waals surface area contributed by atoms with Crippen LogP contribution >= 0.6 is 0 Å². The molecule has 3 nitrogen and oxygen atoms in total. The quantitative estimate of drug-likeness (QED) is 0.796. The number of hydrogen-bond donors (Lipinski definition) is 1. The Morgan fingerprint density at radius 3 is 2.50 bits per heavy atom. The summed E-state index contributed by atoms with van der Waals surface area (Å²) >= 11 is 0. The lowest BCUT2D eigenvalue weighted by molar-refractivity contribution is -0.135. The number of rotatable bonds is 3. The number of hydrogen-bond acceptors (Lipinski definition) is 2. The number of carboxylic acid groups (broad SMARTS) is 1. The number of nitrogens with zero attached hydrogens (tertiary/aromatic N) is 1. The van der Waals surface area contributed by atoms with Crippen molar-refractivity contribution < 1.29 is 9.90 Å². The SMILES string of the molecule is Cc1ccc(N(C)CC(=O)O)cc1C. The standard InChI is InChI=1S/C11H15NO2/c1-8-4-5-10(6-9(8)2)12(3)7-11(13)14/h4-6H,7H2,1-3H3,(H,13,14). The van der Waals surface area contributed by atoms with Gasteiger partial charge in [0.05, 0.1) is 0 Å². The molecule has 0 amide bonds. The summed E-state index contributed by atoms with van der Waals surface area (Å²) in [5.74, 6) is -0.814. The molecule has 0 saturated carbocycles. The molecule has 1 N–H and O–H groups in total. The van der Waals surface area contributed by atoms with Gasteiger partial charge in [-0.1, -0.05) is 6.07 Å². The third-order valence-corrected chi connectivity index (χ3v) is 2.30. The van der Waals surface area contributed by atoms with Crippen molar-refractivity contribution >= 4 is 11.7 Å². The third kappa shape index (κ3) is 2.49. The van der Waals surface area contributed by atoms with E-state index in [0.29, 0.717) is 0 Å². The fraction of sp³-hybridized carbons (Fsp3) is 0.364. The average molecular weight is 193 g/mol. The van der Waals surface area contributed by atoms with Gasteiger partial charge < -0.3 is 10.0 Å². The summed E-state index contributed by atoms with van der Waals surface area (Å²) in [5, 5.41) is 8.63. The highest BCUT2D eigenvalue weighted by Crippen LogP contribution is 2.17. The smallest absolute Gasteiger partial charge is 0.323 e. The van der Waals surface area contributed by atoms with Crippen molar-refractivity contribution in [3.8, 4) is 0 Å². The van der Waals surface area contributed by atoms with Crippen LogP contribution in [0.4, 0.5) is 5.69 Å². The molecule has 0 spiro atoms. The average Bonchev–Trinajstić information content (AvgIpc) is 2.08. The van der Waals surface area contributed by atoms with Gasteiger partial charge in [-0.3, -0.25) is 4.79 Å². The van der Waals surface area contributed by atoms with Crippen molar-refractivity contribution in [2.45, 2.75) is 13.8 Å². The lowest BCUT2D eigenvalue weighted by Gasteiger charge is -2.17. The molecule has 0 aliphatic carbocycles. The van der Waals surface area contributed by atoms with E-state index >= 15 is 0 Å². The van der Waals surface area contributed by atoms with E-state index in [9.17, 15) is 4.79 Å². The molecule has 76 valence electrons. The third-order valence-electron chi connectivity index (χ3n) is 2.30. The minimum absolute atomic E-state index is 0.0303. The highest BCUT2D eigenvalue weighted by atomic mass is 16.4. The molecular formula is C11H15NO2. The molecule has 0 saturated heterocycles. The van der Waals surface area contributed by atoms with Crippen LogP contribution < -0.4 is 4.90 Å². The van der Waals surface area contributed by atoms with Crippen molar-refractivity contribution in [2.24, 2.45) is 0 Å². The van der Waals surface area contributed by atoms with Crippen molar-refractivity contribution in [1.82, 2.24) is 0 Å². The molecule has 0 unspecified atom stereocenters. The number of carbonyl (C=O) groups is 1. The van der Waals surface area contributed by atoms with Crippen LogP contribution in [0.2, 0.25) is 0 Å². The van der Waals surface area contributed by atoms with Gasteiger partial charge in [0, 0.05) is 12.7 Å². The Balaban J connectivity index is 2.85. The highest BCUT2D eigenvalue weighted by Gasteiger charge is 2.05. The van der Waals surface area contributed by atoms with Crippen LogP contribution in [-0.4, -0.2) is 24.7 Å². The van der Waals surface area contributed by atoms with E-state index in [1.165, 1.54) is 11.1 Å². The number of carboxylic acids is 1. The number of likely N-dealkylation sites (N-methyl/N-ethyl adjacent to an activating group) is 1. The maximum Gasteiger partial charge on any atom is 0.323 e.